The Labute approximate surface area is 85.3 Å². The minimum Gasteiger partial charge on any atom is -0.328 e. The molecule has 1 aromatic heterocycles. The zero-order valence-corrected chi connectivity index (χ0v) is 8.09. The Morgan fingerprint density at radius 1 is 1.47 bits per heavy atom. The van der Waals surface area contributed by atoms with Gasteiger partial charge in [0.1, 0.15) is 6.54 Å². The first-order valence-electron chi connectivity index (χ1n) is 4.84. The number of imidazole rings is 1. The van der Waals surface area contributed by atoms with E-state index in [2.05, 4.69) is 10.3 Å². The van der Waals surface area contributed by atoms with Gasteiger partial charge in [0.15, 0.2) is 0 Å². The van der Waals surface area contributed by atoms with Crippen molar-refractivity contribution in [2.45, 2.75) is 38.1 Å². The Kier molecular flexibility index (Phi) is 2.68. The lowest BCUT2D eigenvalue weighted by Crippen LogP contribution is -2.17. The van der Waals surface area contributed by atoms with E-state index in [0.29, 0.717) is 18.3 Å². The fourth-order valence-corrected chi connectivity index (χ4v) is 1.33. The number of aromatic nitrogens is 2. The maximum Gasteiger partial charge on any atom is 0.406 e. The van der Waals surface area contributed by atoms with Crippen LogP contribution in [0.4, 0.5) is 13.2 Å². The SMILES string of the molecule is FC(F)(F)Cn1cnc(CNC2CC2)c1. The zero-order valence-electron chi connectivity index (χ0n) is 8.09. The highest BCUT2D eigenvalue weighted by Gasteiger charge is 2.28. The van der Waals surface area contributed by atoms with Crippen LogP contribution in [0.25, 0.3) is 0 Å². The first-order valence-corrected chi connectivity index (χ1v) is 4.84. The number of halogens is 3. The smallest absolute Gasteiger partial charge is 0.328 e. The summed E-state index contributed by atoms with van der Waals surface area (Å²) in [6, 6.07) is 0.540. The van der Waals surface area contributed by atoms with E-state index in [9.17, 15) is 13.2 Å². The molecular formula is C9H12F3N3. The van der Waals surface area contributed by atoms with Crippen LogP contribution in [0.1, 0.15) is 18.5 Å². The Hall–Kier alpha value is -1.04. The first kappa shape index (κ1) is 10.5. The molecule has 0 bridgehead atoms. The predicted molar refractivity (Wildman–Crippen MR) is 48.1 cm³/mol. The molecule has 15 heavy (non-hydrogen) atoms. The molecule has 0 saturated heterocycles. The van der Waals surface area contributed by atoms with Gasteiger partial charge in [-0.15, -0.1) is 0 Å². The van der Waals surface area contributed by atoms with E-state index in [0.717, 1.165) is 17.4 Å². The third-order valence-corrected chi connectivity index (χ3v) is 2.20. The van der Waals surface area contributed by atoms with E-state index in [1.165, 1.54) is 12.5 Å². The molecule has 0 atom stereocenters. The van der Waals surface area contributed by atoms with Crippen LogP contribution in [-0.2, 0) is 13.1 Å². The van der Waals surface area contributed by atoms with Crippen LogP contribution in [0, 0.1) is 0 Å². The molecule has 84 valence electrons. The van der Waals surface area contributed by atoms with Crippen LogP contribution >= 0.6 is 0 Å². The molecule has 1 N–H and O–H groups in total. The summed E-state index contributed by atoms with van der Waals surface area (Å²) in [5, 5.41) is 3.19. The molecular weight excluding hydrogens is 207 g/mol. The Balaban J connectivity index is 1.85. The minimum absolute atomic E-state index is 0.540. The lowest BCUT2D eigenvalue weighted by molar-refractivity contribution is -0.140. The van der Waals surface area contributed by atoms with Crippen LogP contribution in [0.5, 0.6) is 0 Å². The number of hydrogen-bond donors (Lipinski definition) is 1. The highest BCUT2D eigenvalue weighted by atomic mass is 19.4. The average Bonchev–Trinajstić information content (AvgIpc) is 2.83. The topological polar surface area (TPSA) is 29.9 Å². The molecule has 1 aliphatic carbocycles. The molecule has 2 rings (SSSR count). The lowest BCUT2D eigenvalue weighted by Gasteiger charge is -2.05. The summed E-state index contributed by atoms with van der Waals surface area (Å²) in [5.41, 5.74) is 0.658. The van der Waals surface area contributed by atoms with Crippen LogP contribution in [-0.4, -0.2) is 21.8 Å². The standard InChI is InChI=1S/C9H12F3N3/c10-9(11,12)5-15-4-8(14-6-15)3-13-7-1-2-7/h4,6-7,13H,1-3,5H2. The second-order valence-corrected chi connectivity index (χ2v) is 3.81. The third kappa shape index (κ3) is 3.54. The number of nitrogens with one attached hydrogen (secondary N) is 1. The van der Waals surface area contributed by atoms with Gasteiger partial charge in [-0.25, -0.2) is 4.98 Å². The maximum absolute atomic E-state index is 12.0. The molecule has 1 saturated carbocycles. The number of hydrogen-bond acceptors (Lipinski definition) is 2. The van der Waals surface area contributed by atoms with Gasteiger partial charge in [-0.3, -0.25) is 0 Å². The summed E-state index contributed by atoms with van der Waals surface area (Å²) >= 11 is 0. The molecule has 0 spiro atoms. The van der Waals surface area contributed by atoms with E-state index in [1.807, 2.05) is 0 Å². The molecule has 0 amide bonds. The third-order valence-electron chi connectivity index (χ3n) is 2.20. The van der Waals surface area contributed by atoms with Crippen LogP contribution in [0.15, 0.2) is 12.5 Å². The fourth-order valence-electron chi connectivity index (χ4n) is 1.33. The van der Waals surface area contributed by atoms with Gasteiger partial charge in [-0.2, -0.15) is 13.2 Å². The van der Waals surface area contributed by atoms with Crippen molar-refractivity contribution in [2.75, 3.05) is 0 Å². The minimum atomic E-state index is -4.18. The molecule has 1 aromatic rings. The van der Waals surface area contributed by atoms with Crippen molar-refractivity contribution in [3.8, 4) is 0 Å². The summed E-state index contributed by atoms with van der Waals surface area (Å²) in [7, 11) is 0. The summed E-state index contributed by atoms with van der Waals surface area (Å²) in [5.74, 6) is 0. The average molecular weight is 219 g/mol. The molecule has 1 aliphatic rings. The summed E-state index contributed by atoms with van der Waals surface area (Å²) in [4.78, 5) is 3.90. The van der Waals surface area contributed by atoms with E-state index >= 15 is 0 Å². The molecule has 6 heteroatoms. The number of nitrogens with zero attached hydrogens (tertiary/aromatic N) is 2. The molecule has 0 radical (unpaired) electrons. The Morgan fingerprint density at radius 3 is 2.80 bits per heavy atom. The molecule has 0 aliphatic heterocycles. The van der Waals surface area contributed by atoms with Crippen molar-refractivity contribution in [3.63, 3.8) is 0 Å². The highest BCUT2D eigenvalue weighted by molar-refractivity contribution is 4.98. The summed E-state index contributed by atoms with van der Waals surface area (Å²) in [6.45, 7) is -0.418. The molecule has 3 nitrogen and oxygen atoms in total. The molecule has 0 unspecified atom stereocenters. The van der Waals surface area contributed by atoms with Gasteiger partial charge in [0.2, 0.25) is 0 Å². The first-order chi connectivity index (χ1) is 7.03. The molecule has 0 aromatic carbocycles. The van der Waals surface area contributed by atoms with Crippen LogP contribution < -0.4 is 5.32 Å². The maximum atomic E-state index is 12.0. The van der Waals surface area contributed by atoms with E-state index in [-0.39, 0.29) is 0 Å². The number of rotatable bonds is 4. The van der Waals surface area contributed by atoms with E-state index in [4.69, 9.17) is 0 Å². The van der Waals surface area contributed by atoms with Crippen molar-refractivity contribution >= 4 is 0 Å². The van der Waals surface area contributed by atoms with Gasteiger partial charge in [-0.1, -0.05) is 0 Å². The van der Waals surface area contributed by atoms with Gasteiger partial charge in [0.25, 0.3) is 0 Å². The highest BCUT2D eigenvalue weighted by Crippen LogP contribution is 2.19. The Morgan fingerprint density at radius 2 is 2.20 bits per heavy atom. The zero-order chi connectivity index (χ0) is 10.9. The van der Waals surface area contributed by atoms with Crippen molar-refractivity contribution in [1.82, 2.24) is 14.9 Å². The van der Waals surface area contributed by atoms with Crippen LogP contribution in [0.2, 0.25) is 0 Å². The predicted octanol–water partition coefficient (Wildman–Crippen LogP) is 1.70. The number of alkyl halides is 3. The van der Waals surface area contributed by atoms with Crippen molar-refractivity contribution in [3.05, 3.63) is 18.2 Å². The fraction of sp³-hybridized carbons (Fsp3) is 0.667. The second kappa shape index (κ2) is 3.84. The van der Waals surface area contributed by atoms with Crippen LogP contribution in [0.3, 0.4) is 0 Å². The van der Waals surface area contributed by atoms with E-state index < -0.39 is 12.7 Å². The summed E-state index contributed by atoms with van der Waals surface area (Å²) < 4.78 is 37.1. The molecule has 1 fully saturated rings. The quantitative estimate of drug-likeness (QED) is 0.835. The monoisotopic (exact) mass is 219 g/mol. The largest absolute Gasteiger partial charge is 0.406 e. The van der Waals surface area contributed by atoms with Gasteiger partial charge < -0.3 is 9.88 Å². The Bertz CT molecular complexity index is 328. The van der Waals surface area contributed by atoms with Crippen molar-refractivity contribution in [2.24, 2.45) is 0 Å². The van der Waals surface area contributed by atoms with Crippen molar-refractivity contribution in [1.29, 1.82) is 0 Å². The lowest BCUT2D eigenvalue weighted by atomic mass is 10.4. The summed E-state index contributed by atoms with van der Waals surface area (Å²) in [6.07, 6.45) is 0.786. The van der Waals surface area contributed by atoms with Gasteiger partial charge in [0, 0.05) is 18.8 Å². The van der Waals surface area contributed by atoms with Gasteiger partial charge in [0.05, 0.1) is 12.0 Å². The van der Waals surface area contributed by atoms with Gasteiger partial charge in [-0.05, 0) is 12.8 Å². The molecule has 1 heterocycles. The normalized spacial score (nSPS) is 17.0. The van der Waals surface area contributed by atoms with E-state index in [1.54, 1.807) is 0 Å². The van der Waals surface area contributed by atoms with Crippen molar-refractivity contribution < 1.29 is 13.2 Å². The second-order valence-electron chi connectivity index (χ2n) is 3.81. The van der Waals surface area contributed by atoms with Gasteiger partial charge >= 0.3 is 6.18 Å².